The molecule has 0 amide bonds. The summed E-state index contributed by atoms with van der Waals surface area (Å²) >= 11 is 0. The maximum absolute atomic E-state index is 6.08. The van der Waals surface area contributed by atoms with Crippen LogP contribution in [0.25, 0.3) is 0 Å². The zero-order valence-electron chi connectivity index (χ0n) is 16.6. The number of terminal acetylenes is 1. The van der Waals surface area contributed by atoms with Crippen LogP contribution >= 0.6 is 0 Å². The van der Waals surface area contributed by atoms with Crippen molar-refractivity contribution in [2.24, 2.45) is 23.1 Å². The molecular formula is C22H43N3. The van der Waals surface area contributed by atoms with Crippen molar-refractivity contribution >= 4 is 0 Å². The lowest BCUT2D eigenvalue weighted by molar-refractivity contribution is 0.391. The molecule has 0 fully saturated rings. The number of allylic oxidation sites excluding steroid dienone is 2. The van der Waals surface area contributed by atoms with Crippen molar-refractivity contribution in [3.63, 3.8) is 0 Å². The molecule has 6 N–H and O–H groups in total. The minimum absolute atomic E-state index is 0.391. The third-order valence-corrected chi connectivity index (χ3v) is 5.18. The zero-order valence-corrected chi connectivity index (χ0v) is 16.6. The molecule has 0 rings (SSSR count). The third kappa shape index (κ3) is 14.1. The highest BCUT2D eigenvalue weighted by atomic mass is 14.8. The van der Waals surface area contributed by atoms with E-state index in [-0.39, 0.29) is 0 Å². The van der Waals surface area contributed by atoms with Gasteiger partial charge in [0.1, 0.15) is 0 Å². The van der Waals surface area contributed by atoms with Gasteiger partial charge < -0.3 is 17.2 Å². The minimum Gasteiger partial charge on any atom is -0.329 e. The molecule has 0 aliphatic heterocycles. The van der Waals surface area contributed by atoms with Crippen LogP contribution in [-0.2, 0) is 0 Å². The molecular weight excluding hydrogens is 306 g/mol. The van der Waals surface area contributed by atoms with Gasteiger partial charge in [-0.2, -0.15) is 0 Å². The summed E-state index contributed by atoms with van der Waals surface area (Å²) in [6, 6.07) is 0. The quantitative estimate of drug-likeness (QED) is 0.205. The number of hydrogen-bond donors (Lipinski definition) is 3. The first-order valence-corrected chi connectivity index (χ1v) is 10.4. The number of nitrogens with two attached hydrogens (primary N) is 3. The Bertz CT molecular complexity index is 353. The molecule has 0 saturated carbocycles. The molecule has 0 radical (unpaired) electrons. The lowest BCUT2D eigenvalue weighted by atomic mass is 9.91. The molecule has 0 aromatic rings. The first-order valence-electron chi connectivity index (χ1n) is 10.4. The predicted octanol–water partition coefficient (Wildman–Crippen LogP) is 4.50. The van der Waals surface area contributed by atoms with E-state index in [0.29, 0.717) is 13.1 Å². The number of unbranched alkanes of at least 4 members (excludes halogenated alkanes) is 5. The molecule has 0 aliphatic carbocycles. The van der Waals surface area contributed by atoms with Gasteiger partial charge in [-0.3, -0.25) is 0 Å². The van der Waals surface area contributed by atoms with E-state index in [1.165, 1.54) is 64.2 Å². The van der Waals surface area contributed by atoms with Crippen molar-refractivity contribution in [2.45, 2.75) is 95.9 Å². The molecule has 0 saturated heterocycles. The smallest absolute Gasteiger partial charge is 0.0405 e. The normalized spacial score (nSPS) is 13.2. The average molecular weight is 350 g/mol. The van der Waals surface area contributed by atoms with Crippen molar-refractivity contribution < 1.29 is 0 Å². The first-order chi connectivity index (χ1) is 12.1. The van der Waals surface area contributed by atoms with E-state index >= 15 is 0 Å². The summed E-state index contributed by atoms with van der Waals surface area (Å²) in [5, 5.41) is 0. The van der Waals surface area contributed by atoms with Crippen molar-refractivity contribution in [2.75, 3.05) is 13.1 Å². The van der Waals surface area contributed by atoms with E-state index in [4.69, 9.17) is 23.6 Å². The van der Waals surface area contributed by atoms with Gasteiger partial charge in [0.25, 0.3) is 0 Å². The van der Waals surface area contributed by atoms with Gasteiger partial charge in [-0.25, -0.2) is 0 Å². The summed E-state index contributed by atoms with van der Waals surface area (Å²) in [5.41, 5.74) is 17.0. The van der Waals surface area contributed by atoms with Crippen LogP contribution in [0, 0.1) is 18.3 Å². The Balaban J connectivity index is 3.64. The number of hydrogen-bond acceptors (Lipinski definition) is 3. The summed E-state index contributed by atoms with van der Waals surface area (Å²) in [6.45, 7) is 3.18. The van der Waals surface area contributed by atoms with E-state index < -0.39 is 5.54 Å². The van der Waals surface area contributed by atoms with Crippen LogP contribution < -0.4 is 17.2 Å². The van der Waals surface area contributed by atoms with E-state index in [1.807, 2.05) is 0 Å². The fourth-order valence-electron chi connectivity index (χ4n) is 3.16. The second-order valence-corrected chi connectivity index (χ2v) is 7.52. The molecule has 0 spiro atoms. The van der Waals surface area contributed by atoms with Gasteiger partial charge in [0, 0.05) is 25.0 Å². The van der Waals surface area contributed by atoms with E-state index in [1.54, 1.807) is 0 Å². The first kappa shape index (κ1) is 24.2. The van der Waals surface area contributed by atoms with Gasteiger partial charge in [0.05, 0.1) is 0 Å². The predicted molar refractivity (Wildman–Crippen MR) is 112 cm³/mol. The molecule has 3 heteroatoms. The molecule has 0 aromatic carbocycles. The molecule has 0 aromatic heterocycles. The van der Waals surface area contributed by atoms with Crippen LogP contribution in [0.5, 0.6) is 0 Å². The van der Waals surface area contributed by atoms with Crippen molar-refractivity contribution in [3.8, 4) is 12.3 Å². The summed E-state index contributed by atoms with van der Waals surface area (Å²) in [6.07, 6.45) is 25.7. The van der Waals surface area contributed by atoms with Crippen molar-refractivity contribution in [3.05, 3.63) is 12.2 Å². The van der Waals surface area contributed by atoms with Gasteiger partial charge in [-0.15, -0.1) is 12.3 Å². The maximum Gasteiger partial charge on any atom is 0.0405 e. The Kier molecular flexibility index (Phi) is 16.1. The Morgan fingerprint density at radius 1 is 0.920 bits per heavy atom. The highest BCUT2D eigenvalue weighted by molar-refractivity contribution is 4.91. The zero-order chi connectivity index (χ0) is 18.8. The third-order valence-electron chi connectivity index (χ3n) is 5.18. The highest BCUT2D eigenvalue weighted by Crippen LogP contribution is 2.22. The second-order valence-electron chi connectivity index (χ2n) is 7.52. The Hall–Kier alpha value is -0.820. The summed E-state index contributed by atoms with van der Waals surface area (Å²) < 4.78 is 0. The lowest BCUT2D eigenvalue weighted by Gasteiger charge is -2.25. The van der Waals surface area contributed by atoms with Crippen LogP contribution in [0.15, 0.2) is 12.2 Å². The van der Waals surface area contributed by atoms with E-state index in [2.05, 4.69) is 25.0 Å². The van der Waals surface area contributed by atoms with Crippen LogP contribution in [0.4, 0.5) is 0 Å². The lowest BCUT2D eigenvalue weighted by Crippen LogP contribution is -2.52. The fraction of sp³-hybridized carbons (Fsp3) is 0.818. The highest BCUT2D eigenvalue weighted by Gasteiger charge is 2.19. The summed E-state index contributed by atoms with van der Waals surface area (Å²) in [7, 11) is 0. The van der Waals surface area contributed by atoms with Crippen LogP contribution in [-0.4, -0.2) is 18.6 Å². The Morgan fingerprint density at radius 2 is 1.56 bits per heavy atom. The SMILES string of the molecule is C#CCC[C@@H](CCCC)CCCCCC/C=C\CCC(N)(CN)CN. The van der Waals surface area contributed by atoms with Gasteiger partial charge >= 0.3 is 0 Å². The molecule has 146 valence electrons. The number of rotatable bonds is 17. The standard InChI is InChI=1S/C22H43N3/c1-3-5-15-21(16-6-4-2)17-13-11-9-7-8-10-12-14-18-22(25,19-23)20-24/h1,10,12,21H,4-9,11,13-20,23-25H2,2H3/b12-10-/t21-/m0/s1. The minimum atomic E-state index is -0.391. The van der Waals surface area contributed by atoms with Crippen LogP contribution in [0.2, 0.25) is 0 Å². The summed E-state index contributed by atoms with van der Waals surface area (Å²) in [4.78, 5) is 0. The topological polar surface area (TPSA) is 78.1 Å². The van der Waals surface area contributed by atoms with Gasteiger partial charge in [0.15, 0.2) is 0 Å². The average Bonchev–Trinajstić information content (AvgIpc) is 2.64. The van der Waals surface area contributed by atoms with Gasteiger partial charge in [-0.05, 0) is 38.0 Å². The maximum atomic E-state index is 6.08. The van der Waals surface area contributed by atoms with Crippen LogP contribution in [0.1, 0.15) is 90.4 Å². The van der Waals surface area contributed by atoms with Crippen molar-refractivity contribution in [1.82, 2.24) is 0 Å². The molecule has 1 atom stereocenters. The Labute approximate surface area is 157 Å². The summed E-state index contributed by atoms with van der Waals surface area (Å²) in [5.74, 6) is 3.64. The van der Waals surface area contributed by atoms with Crippen molar-refractivity contribution in [1.29, 1.82) is 0 Å². The van der Waals surface area contributed by atoms with Gasteiger partial charge in [0.2, 0.25) is 0 Å². The molecule has 25 heavy (non-hydrogen) atoms. The van der Waals surface area contributed by atoms with Gasteiger partial charge in [-0.1, -0.05) is 64.0 Å². The molecule has 0 aliphatic rings. The fourth-order valence-corrected chi connectivity index (χ4v) is 3.16. The van der Waals surface area contributed by atoms with Crippen LogP contribution in [0.3, 0.4) is 0 Å². The molecule has 0 heterocycles. The molecule has 0 bridgehead atoms. The Morgan fingerprint density at radius 3 is 2.20 bits per heavy atom. The molecule has 3 nitrogen and oxygen atoms in total. The largest absolute Gasteiger partial charge is 0.329 e. The monoisotopic (exact) mass is 349 g/mol. The molecule has 0 unspecified atom stereocenters. The van der Waals surface area contributed by atoms with E-state index in [0.717, 1.165) is 25.2 Å². The second kappa shape index (κ2) is 16.6. The van der Waals surface area contributed by atoms with E-state index in [9.17, 15) is 0 Å².